The van der Waals surface area contributed by atoms with Gasteiger partial charge in [-0.25, -0.2) is 4.39 Å². The first-order chi connectivity index (χ1) is 11.8. The van der Waals surface area contributed by atoms with Crippen LogP contribution in [0.25, 0.3) is 0 Å². The van der Waals surface area contributed by atoms with Crippen LogP contribution < -0.4 is 0 Å². The van der Waals surface area contributed by atoms with Crippen molar-refractivity contribution in [1.29, 1.82) is 0 Å². The minimum Gasteiger partial charge on any atom is -0.207 e. The predicted octanol–water partition coefficient (Wildman–Crippen LogP) is 7.04. The van der Waals surface area contributed by atoms with Crippen molar-refractivity contribution in [2.24, 2.45) is 17.8 Å². The van der Waals surface area contributed by atoms with Gasteiger partial charge in [-0.1, -0.05) is 36.4 Å². The summed E-state index contributed by atoms with van der Waals surface area (Å²) >= 11 is 0. The van der Waals surface area contributed by atoms with Crippen LogP contribution in [0.5, 0.6) is 0 Å². The van der Waals surface area contributed by atoms with Crippen LogP contribution in [0.2, 0.25) is 0 Å². The quantitative estimate of drug-likeness (QED) is 0.521. The Morgan fingerprint density at radius 1 is 0.792 bits per heavy atom. The largest absolute Gasteiger partial charge is 0.207 e. The first-order valence-corrected chi connectivity index (χ1v) is 9.81. The first kappa shape index (κ1) is 17.5. The fourth-order valence-corrected chi connectivity index (χ4v) is 4.80. The van der Waals surface area contributed by atoms with Gasteiger partial charge in [0.1, 0.15) is 5.82 Å². The normalized spacial score (nSPS) is 31.8. The van der Waals surface area contributed by atoms with Crippen molar-refractivity contribution < 1.29 is 4.39 Å². The van der Waals surface area contributed by atoms with Crippen molar-refractivity contribution in [3.63, 3.8) is 0 Å². The second-order valence-corrected chi connectivity index (χ2v) is 7.75. The second-order valence-electron chi connectivity index (χ2n) is 7.75. The zero-order valence-electron chi connectivity index (χ0n) is 15.0. The molecule has 0 nitrogen and oxygen atoms in total. The third kappa shape index (κ3) is 4.59. The molecule has 0 N–H and O–H groups in total. The zero-order valence-corrected chi connectivity index (χ0v) is 15.0. The highest BCUT2D eigenvalue weighted by atomic mass is 19.1. The number of benzene rings is 1. The van der Waals surface area contributed by atoms with Crippen LogP contribution in [0.1, 0.15) is 69.8 Å². The molecule has 0 spiro atoms. The monoisotopic (exact) mass is 326 g/mol. The van der Waals surface area contributed by atoms with Crippen LogP contribution >= 0.6 is 0 Å². The molecule has 0 amide bonds. The first-order valence-electron chi connectivity index (χ1n) is 9.81. The summed E-state index contributed by atoms with van der Waals surface area (Å²) in [5.41, 5.74) is 1.34. The van der Waals surface area contributed by atoms with E-state index in [0.29, 0.717) is 5.92 Å². The average Bonchev–Trinajstić information content (AvgIpc) is 2.63. The van der Waals surface area contributed by atoms with E-state index in [0.717, 1.165) is 17.8 Å². The lowest BCUT2D eigenvalue weighted by molar-refractivity contribution is 0.171. The Bertz CT molecular complexity index is 538. The molecule has 2 saturated carbocycles. The standard InChI is InChI=1S/C23H31F/c1-2-3-4-5-18-6-8-19(9-7-18)20-10-12-21(13-11-20)22-14-16-23(24)17-15-22/h2-5,14-21H,6-13H2,1H3/b3-2+,5-4+. The molecule has 0 unspecified atom stereocenters. The third-order valence-electron chi connectivity index (χ3n) is 6.28. The number of hydrogen-bond acceptors (Lipinski definition) is 0. The molecule has 1 heteroatoms. The Morgan fingerprint density at radius 3 is 1.96 bits per heavy atom. The van der Waals surface area contributed by atoms with Crippen LogP contribution in [0.4, 0.5) is 4.39 Å². The van der Waals surface area contributed by atoms with Gasteiger partial charge in [-0.05, 0) is 99.7 Å². The molecule has 24 heavy (non-hydrogen) atoms. The van der Waals surface area contributed by atoms with Crippen LogP contribution in [-0.2, 0) is 0 Å². The number of rotatable bonds is 4. The van der Waals surface area contributed by atoms with Gasteiger partial charge in [-0.3, -0.25) is 0 Å². The average molecular weight is 326 g/mol. The van der Waals surface area contributed by atoms with Gasteiger partial charge in [-0.2, -0.15) is 0 Å². The van der Waals surface area contributed by atoms with Crippen LogP contribution in [0, 0.1) is 23.6 Å². The number of hydrogen-bond donors (Lipinski definition) is 0. The Kier molecular flexibility index (Phi) is 6.29. The molecule has 0 aromatic heterocycles. The molecule has 0 bridgehead atoms. The van der Waals surface area contributed by atoms with Gasteiger partial charge in [0.2, 0.25) is 0 Å². The minimum absolute atomic E-state index is 0.118. The van der Waals surface area contributed by atoms with Gasteiger partial charge in [0.05, 0.1) is 0 Å². The Hall–Kier alpha value is -1.37. The van der Waals surface area contributed by atoms with Gasteiger partial charge in [0.15, 0.2) is 0 Å². The highest BCUT2D eigenvalue weighted by Gasteiger charge is 2.30. The zero-order chi connectivity index (χ0) is 16.8. The number of halogens is 1. The number of allylic oxidation sites excluding steroid dienone is 4. The van der Waals surface area contributed by atoms with Crippen molar-refractivity contribution in [2.45, 2.75) is 64.2 Å². The van der Waals surface area contributed by atoms with Gasteiger partial charge >= 0.3 is 0 Å². The highest BCUT2D eigenvalue weighted by molar-refractivity contribution is 5.21. The van der Waals surface area contributed by atoms with E-state index in [2.05, 4.69) is 31.2 Å². The SMILES string of the molecule is C/C=C/C=C/C1CCC(C2CCC(c3ccc(F)cc3)CC2)CC1. The van der Waals surface area contributed by atoms with Crippen molar-refractivity contribution in [3.05, 3.63) is 60.0 Å². The molecule has 0 atom stereocenters. The summed E-state index contributed by atoms with van der Waals surface area (Å²) in [6.45, 7) is 2.07. The second kappa shape index (κ2) is 8.65. The Labute approximate surface area is 146 Å². The molecule has 2 aliphatic rings. The molecule has 0 radical (unpaired) electrons. The molecule has 0 aliphatic heterocycles. The fraction of sp³-hybridized carbons (Fsp3) is 0.565. The molecule has 2 fully saturated rings. The van der Waals surface area contributed by atoms with Crippen LogP contribution in [-0.4, -0.2) is 0 Å². The smallest absolute Gasteiger partial charge is 0.123 e. The van der Waals surface area contributed by atoms with E-state index < -0.39 is 0 Å². The van der Waals surface area contributed by atoms with E-state index in [9.17, 15) is 4.39 Å². The van der Waals surface area contributed by atoms with E-state index in [4.69, 9.17) is 0 Å². The Balaban J connectivity index is 1.45. The van der Waals surface area contributed by atoms with E-state index in [-0.39, 0.29) is 5.82 Å². The summed E-state index contributed by atoms with van der Waals surface area (Å²) in [6.07, 6.45) is 19.7. The maximum absolute atomic E-state index is 13.1. The minimum atomic E-state index is -0.118. The van der Waals surface area contributed by atoms with Gasteiger partial charge < -0.3 is 0 Å². The molecule has 0 heterocycles. The lowest BCUT2D eigenvalue weighted by atomic mass is 9.68. The summed E-state index contributed by atoms with van der Waals surface area (Å²) in [5, 5.41) is 0. The van der Waals surface area contributed by atoms with Crippen LogP contribution in [0.3, 0.4) is 0 Å². The molecular formula is C23H31F. The van der Waals surface area contributed by atoms with E-state index in [1.54, 1.807) is 12.1 Å². The molecule has 130 valence electrons. The van der Waals surface area contributed by atoms with Crippen molar-refractivity contribution in [3.8, 4) is 0 Å². The molecular weight excluding hydrogens is 295 g/mol. The maximum Gasteiger partial charge on any atom is 0.123 e. The lowest BCUT2D eigenvalue weighted by Crippen LogP contribution is -2.25. The summed E-state index contributed by atoms with van der Waals surface area (Å²) in [6, 6.07) is 7.21. The molecule has 2 aliphatic carbocycles. The van der Waals surface area contributed by atoms with E-state index >= 15 is 0 Å². The highest BCUT2D eigenvalue weighted by Crippen LogP contribution is 2.44. The summed E-state index contributed by atoms with van der Waals surface area (Å²) in [5.74, 6) is 3.22. The lowest BCUT2D eigenvalue weighted by Gasteiger charge is -2.37. The molecule has 1 aromatic rings. The Morgan fingerprint density at radius 2 is 1.38 bits per heavy atom. The fourth-order valence-electron chi connectivity index (χ4n) is 4.80. The topological polar surface area (TPSA) is 0 Å². The van der Waals surface area contributed by atoms with Crippen molar-refractivity contribution >= 4 is 0 Å². The summed E-state index contributed by atoms with van der Waals surface area (Å²) in [4.78, 5) is 0. The van der Waals surface area contributed by atoms with E-state index in [1.165, 1.54) is 56.9 Å². The van der Waals surface area contributed by atoms with Gasteiger partial charge in [-0.15, -0.1) is 0 Å². The van der Waals surface area contributed by atoms with E-state index in [1.807, 2.05) is 12.1 Å². The van der Waals surface area contributed by atoms with Crippen LogP contribution in [0.15, 0.2) is 48.6 Å². The summed E-state index contributed by atoms with van der Waals surface area (Å²) < 4.78 is 13.1. The molecule has 3 rings (SSSR count). The van der Waals surface area contributed by atoms with Gasteiger partial charge in [0, 0.05) is 0 Å². The predicted molar refractivity (Wildman–Crippen MR) is 101 cm³/mol. The van der Waals surface area contributed by atoms with Crippen molar-refractivity contribution in [1.82, 2.24) is 0 Å². The summed E-state index contributed by atoms with van der Waals surface area (Å²) in [7, 11) is 0. The maximum atomic E-state index is 13.1. The third-order valence-corrected chi connectivity index (χ3v) is 6.28. The van der Waals surface area contributed by atoms with Crippen molar-refractivity contribution in [2.75, 3.05) is 0 Å². The molecule has 0 saturated heterocycles. The van der Waals surface area contributed by atoms with Gasteiger partial charge in [0.25, 0.3) is 0 Å². The molecule has 1 aromatic carbocycles.